The molecule has 0 saturated heterocycles. The Balaban J connectivity index is 3.40. The molecule has 0 atom stereocenters. The van der Waals surface area contributed by atoms with Gasteiger partial charge in [-0.2, -0.15) is 18.4 Å². The van der Waals surface area contributed by atoms with Gasteiger partial charge in [0.25, 0.3) is 0 Å². The number of terminal acetylenes is 1. The van der Waals surface area contributed by atoms with Crippen molar-refractivity contribution in [2.24, 2.45) is 0 Å². The standard InChI is InChI=1S/C5H9BS/c1-4-6-5(2,3)7/h1,6-7H,2-3H3. The van der Waals surface area contributed by atoms with E-state index in [1.807, 2.05) is 13.8 Å². The summed E-state index contributed by atoms with van der Waals surface area (Å²) in [6.07, 6.45) is 5.02. The zero-order valence-electron chi connectivity index (χ0n) is 4.73. The summed E-state index contributed by atoms with van der Waals surface area (Å²) in [4.78, 5) is 0. The van der Waals surface area contributed by atoms with Crippen LogP contribution in [0.25, 0.3) is 0 Å². The molecule has 0 amide bonds. The van der Waals surface area contributed by atoms with Gasteiger partial charge in [0.2, 0.25) is 7.28 Å². The van der Waals surface area contributed by atoms with Crippen LogP contribution in [-0.2, 0) is 0 Å². The number of rotatable bonds is 1. The molecule has 0 spiro atoms. The van der Waals surface area contributed by atoms with Gasteiger partial charge in [-0.05, 0) is 4.65 Å². The Hall–Kier alpha value is -0.0251. The van der Waals surface area contributed by atoms with Crippen molar-refractivity contribution in [1.82, 2.24) is 0 Å². The molecule has 0 rings (SSSR count). The van der Waals surface area contributed by atoms with Gasteiger partial charge in [-0.15, -0.1) is 6.42 Å². The highest BCUT2D eigenvalue weighted by molar-refractivity contribution is 7.83. The molecule has 0 fully saturated rings. The third kappa shape index (κ3) is 5.97. The Bertz CT molecular complexity index is 85.2. The van der Waals surface area contributed by atoms with Crippen LogP contribution in [0.3, 0.4) is 0 Å². The van der Waals surface area contributed by atoms with Crippen molar-refractivity contribution in [3.05, 3.63) is 0 Å². The summed E-state index contributed by atoms with van der Waals surface area (Å²) in [6.45, 7) is 3.99. The van der Waals surface area contributed by atoms with E-state index in [2.05, 4.69) is 18.4 Å². The molecule has 0 aliphatic rings. The van der Waals surface area contributed by atoms with Gasteiger partial charge in [-0.1, -0.05) is 13.8 Å². The van der Waals surface area contributed by atoms with Gasteiger partial charge in [0.15, 0.2) is 0 Å². The third-order valence-electron chi connectivity index (χ3n) is 0.535. The van der Waals surface area contributed by atoms with Crippen molar-refractivity contribution < 1.29 is 0 Å². The summed E-state index contributed by atoms with van der Waals surface area (Å²) in [5.74, 6) is 2.53. The predicted octanol–water partition coefficient (Wildman–Crippen LogP) is 0.679. The summed E-state index contributed by atoms with van der Waals surface area (Å²) in [6, 6.07) is 0. The molecular weight excluding hydrogens is 103 g/mol. The Morgan fingerprint density at radius 3 is 2.14 bits per heavy atom. The second-order valence-corrected chi connectivity index (χ2v) is 3.40. The first-order valence-corrected chi connectivity index (χ1v) is 2.67. The first-order valence-electron chi connectivity index (χ1n) is 2.22. The highest BCUT2D eigenvalue weighted by atomic mass is 32.1. The zero-order chi connectivity index (χ0) is 5.91. The van der Waals surface area contributed by atoms with Gasteiger partial charge < -0.3 is 0 Å². The molecule has 7 heavy (non-hydrogen) atoms. The van der Waals surface area contributed by atoms with Crippen molar-refractivity contribution >= 4 is 19.9 Å². The fourth-order valence-corrected chi connectivity index (χ4v) is 0.341. The van der Waals surface area contributed by atoms with Gasteiger partial charge in [-0.3, -0.25) is 0 Å². The van der Waals surface area contributed by atoms with E-state index in [9.17, 15) is 0 Å². The van der Waals surface area contributed by atoms with Crippen LogP contribution in [0.5, 0.6) is 0 Å². The van der Waals surface area contributed by atoms with E-state index < -0.39 is 0 Å². The predicted molar refractivity (Wildman–Crippen MR) is 39.0 cm³/mol. The molecule has 0 aliphatic heterocycles. The topological polar surface area (TPSA) is 0 Å². The van der Waals surface area contributed by atoms with E-state index in [1.54, 1.807) is 0 Å². The first kappa shape index (κ1) is 6.97. The van der Waals surface area contributed by atoms with Crippen molar-refractivity contribution in [2.75, 3.05) is 0 Å². The molecule has 2 heteroatoms. The average molecular weight is 112 g/mol. The van der Waals surface area contributed by atoms with Crippen molar-refractivity contribution in [3.8, 4) is 12.2 Å². The number of thiol groups is 1. The van der Waals surface area contributed by atoms with Crippen LogP contribution in [-0.4, -0.2) is 11.9 Å². The minimum atomic E-state index is 0.00868. The monoisotopic (exact) mass is 112 g/mol. The second kappa shape index (κ2) is 2.33. The quantitative estimate of drug-likeness (QED) is 0.288. The van der Waals surface area contributed by atoms with Gasteiger partial charge >= 0.3 is 0 Å². The molecule has 0 bridgehead atoms. The highest BCUT2D eigenvalue weighted by Gasteiger charge is 2.09. The summed E-state index contributed by atoms with van der Waals surface area (Å²) >= 11 is 4.19. The highest BCUT2D eigenvalue weighted by Crippen LogP contribution is 2.07. The number of hydrogen-bond acceptors (Lipinski definition) is 1. The Kier molecular flexibility index (Phi) is 2.32. The van der Waals surface area contributed by atoms with Gasteiger partial charge in [0.1, 0.15) is 0 Å². The van der Waals surface area contributed by atoms with E-state index in [0.717, 1.165) is 7.28 Å². The van der Waals surface area contributed by atoms with Gasteiger partial charge in [-0.25, -0.2) is 0 Å². The Morgan fingerprint density at radius 2 is 2.14 bits per heavy atom. The maximum atomic E-state index is 5.02. The van der Waals surface area contributed by atoms with Crippen molar-refractivity contribution in [1.29, 1.82) is 0 Å². The summed E-state index contributed by atoms with van der Waals surface area (Å²) < 4.78 is 0.00868. The van der Waals surface area contributed by atoms with Crippen LogP contribution in [0.4, 0.5) is 0 Å². The fourth-order valence-electron chi connectivity index (χ4n) is 0.250. The van der Waals surface area contributed by atoms with E-state index >= 15 is 0 Å². The van der Waals surface area contributed by atoms with E-state index in [-0.39, 0.29) is 4.65 Å². The smallest absolute Gasteiger partial charge is 0.180 e. The van der Waals surface area contributed by atoms with Crippen molar-refractivity contribution in [3.63, 3.8) is 0 Å². The van der Waals surface area contributed by atoms with E-state index in [4.69, 9.17) is 6.42 Å². The maximum Gasteiger partial charge on any atom is 0.229 e. The average Bonchev–Trinajstić information content (AvgIpc) is 1.30. The summed E-state index contributed by atoms with van der Waals surface area (Å²) in [5, 5.41) is 0. The lowest BCUT2D eigenvalue weighted by Gasteiger charge is -2.09. The van der Waals surface area contributed by atoms with Crippen LogP contribution in [0.1, 0.15) is 13.8 Å². The molecule has 0 aliphatic carbocycles. The molecule has 0 aromatic rings. The van der Waals surface area contributed by atoms with Gasteiger partial charge in [0.05, 0.1) is 0 Å². The van der Waals surface area contributed by atoms with E-state index in [1.165, 1.54) is 0 Å². The Labute approximate surface area is 51.3 Å². The lowest BCUT2D eigenvalue weighted by molar-refractivity contribution is 1.01. The minimum absolute atomic E-state index is 0.00868. The molecule has 0 heterocycles. The van der Waals surface area contributed by atoms with Crippen LogP contribution in [0.15, 0.2) is 0 Å². The Morgan fingerprint density at radius 1 is 1.71 bits per heavy atom. The molecule has 0 unspecified atom stereocenters. The van der Waals surface area contributed by atoms with Crippen LogP contribution < -0.4 is 0 Å². The molecule has 38 valence electrons. The molecule has 0 radical (unpaired) electrons. The fraction of sp³-hybridized carbons (Fsp3) is 0.600. The molecule has 0 nitrogen and oxygen atoms in total. The molecule has 0 saturated carbocycles. The summed E-state index contributed by atoms with van der Waals surface area (Å²) in [7, 11) is 0.732. The molecular formula is C5H9BS. The lowest BCUT2D eigenvalue weighted by Crippen LogP contribution is -2.18. The molecule has 0 aromatic carbocycles. The molecule has 0 N–H and O–H groups in total. The van der Waals surface area contributed by atoms with Crippen LogP contribution in [0, 0.1) is 12.2 Å². The van der Waals surface area contributed by atoms with Crippen LogP contribution >= 0.6 is 12.6 Å². The minimum Gasteiger partial charge on any atom is -0.180 e. The largest absolute Gasteiger partial charge is 0.229 e. The van der Waals surface area contributed by atoms with E-state index in [0.29, 0.717) is 0 Å². The van der Waals surface area contributed by atoms with Crippen molar-refractivity contribution in [2.45, 2.75) is 18.5 Å². The summed E-state index contributed by atoms with van der Waals surface area (Å²) in [5.41, 5.74) is 0. The second-order valence-electron chi connectivity index (χ2n) is 2.19. The first-order chi connectivity index (χ1) is 3.06. The number of hydrogen-bond donors (Lipinski definition) is 1. The van der Waals surface area contributed by atoms with Gasteiger partial charge in [0, 0.05) is 0 Å². The molecule has 0 aromatic heterocycles. The normalized spacial score (nSPS) is 10.0. The third-order valence-corrected chi connectivity index (χ3v) is 0.693. The van der Waals surface area contributed by atoms with Crippen LogP contribution in [0.2, 0.25) is 0 Å². The SMILES string of the molecule is C#CBC(C)(C)S. The maximum absolute atomic E-state index is 5.02. The zero-order valence-corrected chi connectivity index (χ0v) is 5.63. The lowest BCUT2D eigenvalue weighted by atomic mass is 9.67.